The summed E-state index contributed by atoms with van der Waals surface area (Å²) in [6.45, 7) is 0. The van der Waals surface area contributed by atoms with Gasteiger partial charge in [0.05, 0.1) is 5.69 Å². The molecule has 2 bridgehead atoms. The van der Waals surface area contributed by atoms with E-state index in [1.807, 2.05) is 6.07 Å². The van der Waals surface area contributed by atoms with Crippen LogP contribution in [0.25, 0.3) is 0 Å². The first-order valence-electron chi connectivity index (χ1n) is 6.86. The Balaban J connectivity index is 1.59. The number of anilines is 1. The maximum atomic E-state index is 12.1. The van der Waals surface area contributed by atoms with E-state index in [2.05, 4.69) is 21.2 Å². The SMILES string of the molecule is O=C(CC1CC2CCC1C2)Nc1ccc(Cl)cc1Br. The number of nitrogens with one attached hydrogen (secondary N) is 1. The Morgan fingerprint density at radius 2 is 2.21 bits per heavy atom. The summed E-state index contributed by atoms with van der Waals surface area (Å²) in [4.78, 5) is 12.1. The number of carbonyl (C=O) groups excluding carboxylic acids is 1. The summed E-state index contributed by atoms with van der Waals surface area (Å²) in [5.74, 6) is 2.42. The second kappa shape index (κ2) is 5.45. The quantitative estimate of drug-likeness (QED) is 0.834. The van der Waals surface area contributed by atoms with Gasteiger partial charge in [0.2, 0.25) is 5.91 Å². The van der Waals surface area contributed by atoms with E-state index in [0.717, 1.165) is 22.0 Å². The lowest BCUT2D eigenvalue weighted by atomic mass is 9.86. The largest absolute Gasteiger partial charge is 0.325 e. The van der Waals surface area contributed by atoms with E-state index in [1.54, 1.807) is 12.1 Å². The molecule has 0 aromatic heterocycles. The highest BCUT2D eigenvalue weighted by Crippen LogP contribution is 2.49. The molecular weight excluding hydrogens is 326 g/mol. The van der Waals surface area contributed by atoms with Crippen LogP contribution in [0.4, 0.5) is 5.69 Å². The van der Waals surface area contributed by atoms with Crippen molar-refractivity contribution in [1.82, 2.24) is 0 Å². The molecular formula is C15H17BrClNO. The topological polar surface area (TPSA) is 29.1 Å². The van der Waals surface area contributed by atoms with Gasteiger partial charge < -0.3 is 5.32 Å². The number of halogens is 2. The third kappa shape index (κ3) is 2.97. The lowest BCUT2D eigenvalue weighted by Gasteiger charge is -2.21. The predicted molar refractivity (Wildman–Crippen MR) is 81.3 cm³/mol. The molecule has 1 amide bonds. The number of amides is 1. The molecule has 1 aromatic carbocycles. The van der Waals surface area contributed by atoms with Crippen LogP contribution in [-0.2, 0) is 4.79 Å². The second-order valence-electron chi connectivity index (χ2n) is 5.81. The van der Waals surface area contributed by atoms with Gasteiger partial charge in [-0.15, -0.1) is 0 Å². The van der Waals surface area contributed by atoms with Gasteiger partial charge in [0.15, 0.2) is 0 Å². The monoisotopic (exact) mass is 341 g/mol. The fourth-order valence-electron chi connectivity index (χ4n) is 3.66. The standard InChI is InChI=1S/C15H17BrClNO/c16-13-8-12(17)3-4-14(13)18-15(19)7-11-6-9-1-2-10(11)5-9/h3-4,8-11H,1-2,5-7H2,(H,18,19). The molecule has 0 radical (unpaired) electrons. The first kappa shape index (κ1) is 13.4. The Labute approximate surface area is 127 Å². The number of benzene rings is 1. The van der Waals surface area contributed by atoms with E-state index in [4.69, 9.17) is 11.6 Å². The van der Waals surface area contributed by atoms with Crippen molar-refractivity contribution in [2.24, 2.45) is 17.8 Å². The number of carbonyl (C=O) groups is 1. The zero-order valence-electron chi connectivity index (χ0n) is 10.7. The fourth-order valence-corrected chi connectivity index (χ4v) is 4.44. The van der Waals surface area contributed by atoms with Crippen LogP contribution in [0.3, 0.4) is 0 Å². The number of hydrogen-bond acceptors (Lipinski definition) is 1. The van der Waals surface area contributed by atoms with Crippen LogP contribution in [0.15, 0.2) is 22.7 Å². The van der Waals surface area contributed by atoms with Gasteiger partial charge >= 0.3 is 0 Å². The van der Waals surface area contributed by atoms with Crippen LogP contribution in [0.5, 0.6) is 0 Å². The van der Waals surface area contributed by atoms with Crippen molar-refractivity contribution in [2.75, 3.05) is 5.32 Å². The Bertz CT molecular complexity index is 505. The Morgan fingerprint density at radius 3 is 2.84 bits per heavy atom. The lowest BCUT2D eigenvalue weighted by Crippen LogP contribution is -2.20. The average molecular weight is 343 g/mol. The van der Waals surface area contributed by atoms with E-state index >= 15 is 0 Å². The van der Waals surface area contributed by atoms with Crippen LogP contribution in [-0.4, -0.2) is 5.91 Å². The minimum atomic E-state index is 0.126. The molecule has 2 aliphatic carbocycles. The zero-order valence-corrected chi connectivity index (χ0v) is 13.0. The molecule has 3 rings (SSSR count). The lowest BCUT2D eigenvalue weighted by molar-refractivity contribution is -0.117. The molecule has 4 heteroatoms. The smallest absolute Gasteiger partial charge is 0.224 e. The molecule has 0 saturated heterocycles. The van der Waals surface area contributed by atoms with E-state index < -0.39 is 0 Å². The van der Waals surface area contributed by atoms with E-state index in [0.29, 0.717) is 17.4 Å². The minimum Gasteiger partial charge on any atom is -0.325 e. The van der Waals surface area contributed by atoms with Gasteiger partial charge in [-0.3, -0.25) is 4.79 Å². The van der Waals surface area contributed by atoms with Gasteiger partial charge in [-0.2, -0.15) is 0 Å². The van der Waals surface area contributed by atoms with E-state index in [1.165, 1.54) is 25.7 Å². The molecule has 3 unspecified atom stereocenters. The van der Waals surface area contributed by atoms with E-state index in [9.17, 15) is 4.79 Å². The predicted octanol–water partition coefficient (Wildman–Crippen LogP) is 4.87. The Hall–Kier alpha value is -0.540. The van der Waals surface area contributed by atoms with Gasteiger partial charge in [-0.1, -0.05) is 18.0 Å². The van der Waals surface area contributed by atoms with Crippen LogP contribution in [0, 0.1) is 17.8 Å². The molecule has 0 aliphatic heterocycles. The summed E-state index contributed by atoms with van der Waals surface area (Å²) in [6, 6.07) is 5.43. The molecule has 0 spiro atoms. The van der Waals surface area contributed by atoms with Gasteiger partial charge in [0, 0.05) is 15.9 Å². The molecule has 19 heavy (non-hydrogen) atoms. The zero-order chi connectivity index (χ0) is 13.4. The third-order valence-electron chi connectivity index (χ3n) is 4.54. The molecule has 2 nitrogen and oxygen atoms in total. The molecule has 102 valence electrons. The van der Waals surface area contributed by atoms with Crippen LogP contribution in [0.2, 0.25) is 5.02 Å². The summed E-state index contributed by atoms with van der Waals surface area (Å²) in [5.41, 5.74) is 0.803. The first-order chi connectivity index (χ1) is 9.11. The minimum absolute atomic E-state index is 0.126. The Morgan fingerprint density at radius 1 is 1.37 bits per heavy atom. The second-order valence-corrected chi connectivity index (χ2v) is 7.10. The highest BCUT2D eigenvalue weighted by atomic mass is 79.9. The number of hydrogen-bond donors (Lipinski definition) is 1. The van der Waals surface area contributed by atoms with Gasteiger partial charge in [0.25, 0.3) is 0 Å². The molecule has 1 aromatic rings. The molecule has 3 atom stereocenters. The van der Waals surface area contributed by atoms with Gasteiger partial charge in [0.1, 0.15) is 0 Å². The van der Waals surface area contributed by atoms with Crippen LogP contribution < -0.4 is 5.32 Å². The number of rotatable bonds is 3. The number of fused-ring (bicyclic) bond motifs is 2. The summed E-state index contributed by atoms with van der Waals surface area (Å²) in [5, 5.41) is 3.64. The normalized spacial score (nSPS) is 28.6. The third-order valence-corrected chi connectivity index (χ3v) is 5.43. The fraction of sp³-hybridized carbons (Fsp3) is 0.533. The molecule has 2 saturated carbocycles. The highest BCUT2D eigenvalue weighted by molar-refractivity contribution is 9.10. The summed E-state index contributed by atoms with van der Waals surface area (Å²) < 4.78 is 0.835. The van der Waals surface area contributed by atoms with E-state index in [-0.39, 0.29) is 5.91 Å². The van der Waals surface area contributed by atoms with Crippen molar-refractivity contribution in [3.8, 4) is 0 Å². The summed E-state index contributed by atoms with van der Waals surface area (Å²) >= 11 is 9.31. The average Bonchev–Trinajstić information content (AvgIpc) is 2.95. The van der Waals surface area contributed by atoms with Gasteiger partial charge in [-0.25, -0.2) is 0 Å². The van der Waals surface area contributed by atoms with Crippen LogP contribution >= 0.6 is 27.5 Å². The summed E-state index contributed by atoms with van der Waals surface area (Å²) in [7, 11) is 0. The van der Waals surface area contributed by atoms with Crippen molar-refractivity contribution >= 4 is 39.1 Å². The van der Waals surface area contributed by atoms with Crippen molar-refractivity contribution in [2.45, 2.75) is 32.1 Å². The molecule has 0 heterocycles. The maximum Gasteiger partial charge on any atom is 0.224 e. The first-order valence-corrected chi connectivity index (χ1v) is 8.04. The van der Waals surface area contributed by atoms with Gasteiger partial charge in [-0.05, 0) is 71.1 Å². The van der Waals surface area contributed by atoms with Crippen molar-refractivity contribution < 1.29 is 4.79 Å². The summed E-state index contributed by atoms with van der Waals surface area (Å²) in [6.07, 6.45) is 5.97. The Kier molecular flexibility index (Phi) is 3.86. The maximum absolute atomic E-state index is 12.1. The molecule has 2 fully saturated rings. The van der Waals surface area contributed by atoms with Crippen molar-refractivity contribution in [3.63, 3.8) is 0 Å². The molecule has 2 aliphatic rings. The van der Waals surface area contributed by atoms with Crippen LogP contribution in [0.1, 0.15) is 32.1 Å². The molecule has 1 N–H and O–H groups in total. The van der Waals surface area contributed by atoms with Crippen molar-refractivity contribution in [3.05, 3.63) is 27.7 Å². The van der Waals surface area contributed by atoms with Crippen molar-refractivity contribution in [1.29, 1.82) is 0 Å². The highest BCUT2D eigenvalue weighted by Gasteiger charge is 2.40.